The van der Waals surface area contributed by atoms with Gasteiger partial charge in [0, 0.05) is 36.1 Å². The Labute approximate surface area is 181 Å². The monoisotopic (exact) mass is 431 g/mol. The Bertz CT molecular complexity index is 1230. The Kier molecular flexibility index (Phi) is 5.30. The summed E-state index contributed by atoms with van der Waals surface area (Å²) in [6, 6.07) is 4.27. The summed E-state index contributed by atoms with van der Waals surface area (Å²) in [4.78, 5) is 27.9. The van der Waals surface area contributed by atoms with Gasteiger partial charge in [-0.15, -0.1) is 0 Å². The average Bonchev–Trinajstić information content (AvgIpc) is 2.80. The first-order valence-electron chi connectivity index (χ1n) is 10.1. The van der Waals surface area contributed by atoms with Gasteiger partial charge in [0.25, 0.3) is 5.91 Å². The van der Waals surface area contributed by atoms with Crippen molar-refractivity contribution in [2.24, 2.45) is 0 Å². The smallest absolute Gasteiger partial charge is 0.323 e. The van der Waals surface area contributed by atoms with Crippen LogP contribution in [0.4, 0.5) is 20.6 Å². The van der Waals surface area contributed by atoms with Gasteiger partial charge < -0.3 is 20.7 Å². The van der Waals surface area contributed by atoms with E-state index in [1.54, 1.807) is 19.1 Å². The zero-order chi connectivity index (χ0) is 24.3. The zero-order valence-corrected chi connectivity index (χ0v) is 16.6. The number of ether oxygens (including phenoxy) is 1. The van der Waals surface area contributed by atoms with Crippen LogP contribution in [0.1, 0.15) is 20.2 Å². The first-order valence-corrected chi connectivity index (χ1v) is 8.99. The quantitative estimate of drug-likeness (QED) is 0.531. The van der Waals surface area contributed by atoms with Crippen molar-refractivity contribution < 1.29 is 22.8 Å². The van der Waals surface area contributed by atoms with Crippen molar-refractivity contribution in [2.75, 3.05) is 17.7 Å². The van der Waals surface area contributed by atoms with E-state index >= 15 is 0 Å². The molecule has 0 aliphatic rings. The van der Waals surface area contributed by atoms with E-state index in [0.717, 1.165) is 0 Å². The molecule has 0 aliphatic carbocycles. The van der Waals surface area contributed by atoms with Crippen molar-refractivity contribution in [3.8, 4) is 11.5 Å². The number of aryl methyl sites for hydroxylation is 1. The van der Waals surface area contributed by atoms with Crippen molar-refractivity contribution in [1.29, 1.82) is 0 Å². The van der Waals surface area contributed by atoms with Gasteiger partial charge in [-0.3, -0.25) is 9.78 Å². The minimum Gasteiger partial charge on any atom is -0.457 e. The van der Waals surface area contributed by atoms with Crippen LogP contribution in [0.15, 0.2) is 54.7 Å². The van der Waals surface area contributed by atoms with Crippen molar-refractivity contribution >= 4 is 34.9 Å². The molecule has 0 unspecified atom stereocenters. The summed E-state index contributed by atoms with van der Waals surface area (Å²) in [6.45, 7) is 1.74. The second-order valence-corrected chi connectivity index (χ2v) is 6.40. The third kappa shape index (κ3) is 5.24. The lowest BCUT2D eigenvalue weighted by molar-refractivity contribution is 0.0958. The van der Waals surface area contributed by atoms with Gasteiger partial charge in [-0.05, 0) is 48.8 Å². The normalized spacial score (nSPS) is 11.7. The number of amides is 3. The summed E-state index contributed by atoms with van der Waals surface area (Å²) in [5.41, 5.74) is 0.442. The number of urea groups is 1. The Morgan fingerprint density at radius 2 is 1.97 bits per heavy atom. The van der Waals surface area contributed by atoms with E-state index in [9.17, 15) is 14.0 Å². The highest BCUT2D eigenvalue weighted by molar-refractivity contribution is 6.31. The van der Waals surface area contributed by atoms with Crippen LogP contribution in [-0.4, -0.2) is 24.0 Å². The molecule has 3 N–H and O–H groups in total. The predicted octanol–water partition coefficient (Wildman–Crippen LogP) is 4.98. The van der Waals surface area contributed by atoms with Crippen molar-refractivity contribution in [3.05, 3.63) is 76.8 Å². The average molecular weight is 432 g/mol. The second kappa shape index (κ2) is 9.23. The van der Waals surface area contributed by atoms with Crippen LogP contribution in [0.2, 0.25) is 5.02 Å². The molecule has 0 saturated heterocycles. The molecule has 0 fully saturated rings. The summed E-state index contributed by atoms with van der Waals surface area (Å²) >= 11 is 5.95. The van der Waals surface area contributed by atoms with Crippen LogP contribution in [-0.2, 0) is 0 Å². The molecule has 3 aromatic rings. The van der Waals surface area contributed by atoms with Crippen LogP contribution >= 0.6 is 11.6 Å². The number of anilines is 2. The number of hydrogen-bond donors (Lipinski definition) is 3. The summed E-state index contributed by atoms with van der Waals surface area (Å²) in [7, 11) is 1.42. The fourth-order valence-electron chi connectivity index (χ4n) is 2.35. The molecule has 0 saturated carbocycles. The first-order chi connectivity index (χ1) is 15.6. The number of carbonyl (C=O) groups excluding carboxylic acids is 2. The van der Waals surface area contributed by atoms with Gasteiger partial charge in [-0.1, -0.05) is 11.6 Å². The molecule has 0 atom stereocenters. The highest BCUT2D eigenvalue weighted by atomic mass is 35.5. The van der Waals surface area contributed by atoms with E-state index in [-0.39, 0.29) is 11.4 Å². The molecule has 0 bridgehead atoms. The van der Waals surface area contributed by atoms with Gasteiger partial charge in [-0.25, -0.2) is 9.18 Å². The Morgan fingerprint density at radius 3 is 2.70 bits per heavy atom. The van der Waals surface area contributed by atoms with E-state index < -0.39 is 47.3 Å². The minimum absolute atomic E-state index is 0.00650. The van der Waals surface area contributed by atoms with Crippen molar-refractivity contribution in [3.63, 3.8) is 0 Å². The van der Waals surface area contributed by atoms with Gasteiger partial charge in [-0.2, -0.15) is 0 Å². The van der Waals surface area contributed by atoms with E-state index in [2.05, 4.69) is 20.9 Å². The summed E-state index contributed by atoms with van der Waals surface area (Å²) < 4.78 is 44.5. The summed E-state index contributed by atoms with van der Waals surface area (Å²) in [6.07, 6.45) is 1.27. The van der Waals surface area contributed by atoms with Gasteiger partial charge in [0.05, 0.1) is 9.80 Å². The van der Waals surface area contributed by atoms with Crippen LogP contribution < -0.4 is 20.7 Å². The second-order valence-electron chi connectivity index (χ2n) is 5.99. The number of hydrogen-bond acceptors (Lipinski definition) is 4. The van der Waals surface area contributed by atoms with Crippen LogP contribution in [0, 0.1) is 12.7 Å². The Hall–Kier alpha value is -3.65. The number of carbonyl (C=O) groups is 2. The van der Waals surface area contributed by atoms with Gasteiger partial charge in [0.1, 0.15) is 23.0 Å². The third-order valence-corrected chi connectivity index (χ3v) is 4.23. The highest BCUT2D eigenvalue weighted by Crippen LogP contribution is 2.26. The summed E-state index contributed by atoms with van der Waals surface area (Å²) in [5, 5.41) is 7.53. The van der Waals surface area contributed by atoms with E-state index in [0.29, 0.717) is 16.3 Å². The van der Waals surface area contributed by atoms with Crippen LogP contribution in [0.5, 0.6) is 11.5 Å². The molecule has 3 amide bonds. The molecule has 0 aliphatic heterocycles. The summed E-state index contributed by atoms with van der Waals surface area (Å²) in [5.74, 6) is -2.28. The molecule has 2 aromatic carbocycles. The number of nitrogens with one attached hydrogen (secondary N) is 3. The maximum atomic E-state index is 14.9. The number of rotatable bonds is 5. The molecular formula is C21H18ClFN4O3. The first kappa shape index (κ1) is 17.2. The van der Waals surface area contributed by atoms with Crippen LogP contribution in [0.25, 0.3) is 0 Å². The molecule has 3 rings (SSSR count). The fourth-order valence-corrected chi connectivity index (χ4v) is 2.47. The molecular weight excluding hydrogens is 411 g/mol. The number of nitrogens with zero attached hydrogens (tertiary/aromatic N) is 1. The number of aromatic nitrogens is 1. The third-order valence-electron chi connectivity index (χ3n) is 3.81. The Morgan fingerprint density at radius 1 is 1.17 bits per heavy atom. The highest BCUT2D eigenvalue weighted by Gasteiger charge is 2.11. The number of halogens is 2. The standard InChI is InChI=1S/C21H18ClFN4O3/c1-12-9-13(3-5-16(12)22)26-21(29)27-18-6-4-14(10-17(18)23)30-15-7-8-25-19(11-15)20(28)24-2/h3-11H,1-2H3,(H,24,28)(H2,26,27,29)/i4D,6D,10D. The largest absolute Gasteiger partial charge is 0.457 e. The van der Waals surface area contributed by atoms with Crippen LogP contribution in [0.3, 0.4) is 0 Å². The Balaban J connectivity index is 1.87. The maximum absolute atomic E-state index is 14.9. The molecule has 9 heteroatoms. The predicted molar refractivity (Wildman–Crippen MR) is 113 cm³/mol. The lowest BCUT2D eigenvalue weighted by Gasteiger charge is -2.11. The van der Waals surface area contributed by atoms with E-state index in [1.807, 2.05) is 0 Å². The van der Waals surface area contributed by atoms with Gasteiger partial charge in [0.15, 0.2) is 0 Å². The maximum Gasteiger partial charge on any atom is 0.323 e. The van der Waals surface area contributed by atoms with Gasteiger partial charge >= 0.3 is 6.03 Å². The number of benzene rings is 2. The molecule has 0 spiro atoms. The van der Waals surface area contributed by atoms with Gasteiger partial charge in [0.2, 0.25) is 0 Å². The van der Waals surface area contributed by atoms with Crippen molar-refractivity contribution in [2.45, 2.75) is 6.92 Å². The molecule has 1 aromatic heterocycles. The number of pyridine rings is 1. The molecule has 1 heterocycles. The van der Waals surface area contributed by atoms with Crippen molar-refractivity contribution in [1.82, 2.24) is 10.3 Å². The molecule has 7 nitrogen and oxygen atoms in total. The SMILES string of the molecule is [2H]c1c([2H])c(Oc2ccnc(C(=O)NC)c2)c([2H])c(F)c1NC(=O)Nc1ccc(Cl)c(C)c1. The van der Waals surface area contributed by atoms with E-state index in [1.165, 1.54) is 31.4 Å². The lowest BCUT2D eigenvalue weighted by atomic mass is 10.2. The topological polar surface area (TPSA) is 92.3 Å². The zero-order valence-electron chi connectivity index (χ0n) is 18.9. The molecule has 0 radical (unpaired) electrons. The lowest BCUT2D eigenvalue weighted by Crippen LogP contribution is -2.20. The molecule has 154 valence electrons. The fraction of sp³-hybridized carbons (Fsp3) is 0.0952. The molecule has 30 heavy (non-hydrogen) atoms. The van der Waals surface area contributed by atoms with E-state index in [4.69, 9.17) is 20.5 Å². The minimum atomic E-state index is -1.26.